The van der Waals surface area contributed by atoms with Gasteiger partial charge < -0.3 is 25.4 Å². The molecule has 1 atom stereocenters. The van der Waals surface area contributed by atoms with E-state index in [1.54, 1.807) is 7.11 Å². The molecule has 1 unspecified atom stereocenters. The molecule has 6 heterocycles. The molecule has 14 heteroatoms. The Morgan fingerprint density at radius 3 is 2.60 bits per heavy atom. The third-order valence-corrected chi connectivity index (χ3v) is 8.59. The Hall–Kier alpha value is -3.36. The van der Waals surface area contributed by atoms with Gasteiger partial charge >= 0.3 is 12.2 Å². The molecule has 3 aliphatic rings. The summed E-state index contributed by atoms with van der Waals surface area (Å²) in [5.74, 6) is -0.823. The van der Waals surface area contributed by atoms with Crippen molar-refractivity contribution in [2.45, 2.75) is 50.4 Å². The molecular weight excluding hydrogens is 556 g/mol. The SMILES string of the molecule is COCC1CN(c2nc(OCC34CCCN3CCC4)nc3c(F)c(-c4nc(N)cc(C)c4C(F)(F)F)ncc23)CCN1. The Kier molecular flexibility index (Phi) is 7.56. The Morgan fingerprint density at radius 2 is 1.88 bits per heavy atom. The number of rotatable bonds is 7. The molecule has 0 radical (unpaired) electrons. The fraction of sp³-hybridized carbons (Fsp3) is 0.571. The number of methoxy groups -OCH3 is 1. The lowest BCUT2D eigenvalue weighted by Crippen LogP contribution is -2.53. The smallest absolute Gasteiger partial charge is 0.418 e. The van der Waals surface area contributed by atoms with Crippen molar-refractivity contribution in [2.75, 3.05) is 63.7 Å². The number of halogens is 4. The molecule has 3 aromatic rings. The molecule has 6 rings (SSSR count). The topological polar surface area (TPSA) is 115 Å². The van der Waals surface area contributed by atoms with E-state index >= 15 is 4.39 Å². The predicted molar refractivity (Wildman–Crippen MR) is 149 cm³/mol. The van der Waals surface area contributed by atoms with Gasteiger partial charge in [-0.3, -0.25) is 9.88 Å². The second kappa shape index (κ2) is 11.0. The lowest BCUT2D eigenvalue weighted by molar-refractivity contribution is -0.137. The number of fused-ring (bicyclic) bond motifs is 2. The van der Waals surface area contributed by atoms with Crippen LogP contribution in [0.5, 0.6) is 6.01 Å². The molecule has 3 aromatic heterocycles. The van der Waals surface area contributed by atoms with Crippen LogP contribution in [0.3, 0.4) is 0 Å². The van der Waals surface area contributed by atoms with E-state index in [1.807, 2.05) is 4.90 Å². The van der Waals surface area contributed by atoms with E-state index in [0.29, 0.717) is 38.7 Å². The predicted octanol–water partition coefficient (Wildman–Crippen LogP) is 3.57. The molecule has 10 nitrogen and oxygen atoms in total. The van der Waals surface area contributed by atoms with Gasteiger partial charge in [0, 0.05) is 39.0 Å². The highest BCUT2D eigenvalue weighted by Gasteiger charge is 2.45. The van der Waals surface area contributed by atoms with Crippen molar-refractivity contribution in [3.8, 4) is 17.4 Å². The minimum absolute atomic E-state index is 0.00606. The molecule has 0 spiro atoms. The first-order valence-electron chi connectivity index (χ1n) is 14.2. The first-order chi connectivity index (χ1) is 20.1. The first kappa shape index (κ1) is 28.7. The Labute approximate surface area is 240 Å². The number of nitrogens with one attached hydrogen (secondary N) is 1. The monoisotopic (exact) mass is 590 g/mol. The Bertz CT molecular complexity index is 1470. The maximum Gasteiger partial charge on any atom is 0.418 e. The van der Waals surface area contributed by atoms with Crippen LogP contribution in [0.1, 0.15) is 36.8 Å². The number of piperazine rings is 1. The number of nitrogens with two attached hydrogens (primary N) is 1. The fourth-order valence-electron chi connectivity index (χ4n) is 6.71. The van der Waals surface area contributed by atoms with E-state index in [-0.39, 0.29) is 39.9 Å². The van der Waals surface area contributed by atoms with Gasteiger partial charge in [0.2, 0.25) is 0 Å². The minimum atomic E-state index is -4.81. The summed E-state index contributed by atoms with van der Waals surface area (Å²) in [6.07, 6.45) is 0.632. The average Bonchev–Trinajstić information content (AvgIpc) is 3.52. The summed E-state index contributed by atoms with van der Waals surface area (Å²) in [5.41, 5.74) is 2.95. The molecule has 3 N–H and O–H groups in total. The van der Waals surface area contributed by atoms with Gasteiger partial charge in [-0.15, -0.1) is 0 Å². The second-order valence-corrected chi connectivity index (χ2v) is 11.4. The number of ether oxygens (including phenoxy) is 2. The minimum Gasteiger partial charge on any atom is -0.461 e. The van der Waals surface area contributed by atoms with Crippen LogP contribution in [0.2, 0.25) is 0 Å². The number of nitrogen functional groups attached to an aromatic ring is 1. The van der Waals surface area contributed by atoms with Gasteiger partial charge in [0.15, 0.2) is 5.82 Å². The first-order valence-corrected chi connectivity index (χ1v) is 14.2. The van der Waals surface area contributed by atoms with Gasteiger partial charge in [-0.1, -0.05) is 0 Å². The summed E-state index contributed by atoms with van der Waals surface area (Å²) in [7, 11) is 1.61. The van der Waals surface area contributed by atoms with Crippen molar-refractivity contribution < 1.29 is 27.0 Å². The zero-order valence-corrected chi connectivity index (χ0v) is 23.6. The van der Waals surface area contributed by atoms with E-state index in [9.17, 15) is 13.2 Å². The van der Waals surface area contributed by atoms with Crippen molar-refractivity contribution in [3.05, 3.63) is 29.2 Å². The van der Waals surface area contributed by atoms with Crippen LogP contribution in [0.15, 0.2) is 12.3 Å². The van der Waals surface area contributed by atoms with Crippen LogP contribution in [-0.4, -0.2) is 89.5 Å². The summed E-state index contributed by atoms with van der Waals surface area (Å²) in [5, 5.41) is 3.64. The molecular formula is C28H34F4N8O2. The zero-order chi connectivity index (χ0) is 29.6. The molecule has 0 bridgehead atoms. The molecule has 0 aromatic carbocycles. The number of hydrogen-bond donors (Lipinski definition) is 2. The largest absolute Gasteiger partial charge is 0.461 e. The number of hydrogen-bond acceptors (Lipinski definition) is 10. The molecule has 3 aliphatic heterocycles. The van der Waals surface area contributed by atoms with Crippen LogP contribution >= 0.6 is 0 Å². The van der Waals surface area contributed by atoms with Gasteiger partial charge in [-0.25, -0.2) is 9.37 Å². The highest BCUT2D eigenvalue weighted by molar-refractivity contribution is 5.92. The van der Waals surface area contributed by atoms with Crippen molar-refractivity contribution in [1.82, 2.24) is 30.2 Å². The number of anilines is 2. The lowest BCUT2D eigenvalue weighted by Gasteiger charge is -2.35. The summed E-state index contributed by atoms with van der Waals surface area (Å²) in [6.45, 7) is 5.77. The molecule has 3 saturated heterocycles. The van der Waals surface area contributed by atoms with Crippen LogP contribution in [-0.2, 0) is 10.9 Å². The van der Waals surface area contributed by atoms with Crippen LogP contribution < -0.4 is 20.7 Å². The number of nitrogens with zero attached hydrogens (tertiary/aromatic N) is 6. The highest BCUT2D eigenvalue weighted by Crippen LogP contribution is 2.42. The molecule has 226 valence electrons. The number of aryl methyl sites for hydroxylation is 1. The van der Waals surface area contributed by atoms with Gasteiger partial charge in [0.05, 0.1) is 23.1 Å². The second-order valence-electron chi connectivity index (χ2n) is 11.4. The van der Waals surface area contributed by atoms with E-state index in [1.165, 1.54) is 13.1 Å². The molecule has 0 saturated carbocycles. The van der Waals surface area contributed by atoms with Crippen molar-refractivity contribution >= 4 is 22.5 Å². The number of pyridine rings is 2. The summed E-state index contributed by atoms with van der Waals surface area (Å²) >= 11 is 0. The van der Waals surface area contributed by atoms with Crippen molar-refractivity contribution in [3.63, 3.8) is 0 Å². The number of alkyl halides is 3. The summed E-state index contributed by atoms with van der Waals surface area (Å²) in [6, 6.07) is 1.07. The van der Waals surface area contributed by atoms with E-state index in [4.69, 9.17) is 20.2 Å². The van der Waals surface area contributed by atoms with E-state index < -0.39 is 28.9 Å². The van der Waals surface area contributed by atoms with Crippen molar-refractivity contribution in [2.24, 2.45) is 0 Å². The van der Waals surface area contributed by atoms with Crippen LogP contribution in [0.4, 0.5) is 29.2 Å². The molecule has 0 aliphatic carbocycles. The summed E-state index contributed by atoms with van der Waals surface area (Å²) in [4.78, 5) is 21.5. The molecule has 0 amide bonds. The van der Waals surface area contributed by atoms with E-state index in [2.05, 4.69) is 25.2 Å². The van der Waals surface area contributed by atoms with Gasteiger partial charge in [0.25, 0.3) is 0 Å². The van der Waals surface area contributed by atoms with E-state index in [0.717, 1.165) is 44.8 Å². The third kappa shape index (κ3) is 5.20. The molecule has 42 heavy (non-hydrogen) atoms. The van der Waals surface area contributed by atoms with Gasteiger partial charge in [-0.2, -0.15) is 23.1 Å². The fourth-order valence-corrected chi connectivity index (χ4v) is 6.71. The number of aromatic nitrogens is 4. The Morgan fingerprint density at radius 1 is 1.12 bits per heavy atom. The Balaban J connectivity index is 1.47. The third-order valence-electron chi connectivity index (χ3n) is 8.59. The van der Waals surface area contributed by atoms with Crippen LogP contribution in [0, 0.1) is 12.7 Å². The maximum atomic E-state index is 16.4. The normalized spacial score (nSPS) is 20.8. The maximum absolute atomic E-state index is 16.4. The zero-order valence-electron chi connectivity index (χ0n) is 23.6. The average molecular weight is 591 g/mol. The van der Waals surface area contributed by atoms with Gasteiger partial charge in [-0.05, 0) is 57.3 Å². The quantitative estimate of drug-likeness (QED) is 0.396. The molecule has 3 fully saturated rings. The standard InChI is InChI=1S/C28H34F4N8O2/c1-16-11-19(33)36-23(20(16)28(30,31)32)24-21(29)22-18(12-35-24)25(39-10-7-34-17(13-39)14-41-2)38-26(37-22)42-15-27-5-3-8-40(27)9-4-6-27/h11-12,17,34H,3-10,13-15H2,1-2H3,(H2,33,36). The van der Waals surface area contributed by atoms with Crippen molar-refractivity contribution in [1.29, 1.82) is 0 Å². The highest BCUT2D eigenvalue weighted by atomic mass is 19.4. The van der Waals surface area contributed by atoms with Gasteiger partial charge in [0.1, 0.15) is 35.1 Å². The van der Waals surface area contributed by atoms with Crippen LogP contribution in [0.25, 0.3) is 22.3 Å². The lowest BCUT2D eigenvalue weighted by atomic mass is 9.95. The summed E-state index contributed by atoms with van der Waals surface area (Å²) < 4.78 is 70.1.